The van der Waals surface area contributed by atoms with Gasteiger partial charge in [0.2, 0.25) is 0 Å². The Kier molecular flexibility index (Phi) is 5.60. The normalized spacial score (nSPS) is 13.7. The van der Waals surface area contributed by atoms with Gasteiger partial charge >= 0.3 is 0 Å². The topological polar surface area (TPSA) is 52.0 Å². The molecule has 0 aromatic carbocycles. The maximum atomic E-state index is 8.71. The van der Waals surface area contributed by atoms with E-state index in [0.29, 0.717) is 6.42 Å². The van der Waals surface area contributed by atoms with Crippen molar-refractivity contribution in [3.8, 4) is 6.07 Å². The molecule has 1 aromatic rings. The van der Waals surface area contributed by atoms with Crippen LogP contribution in [0.5, 0.6) is 0 Å². The van der Waals surface area contributed by atoms with Crippen LogP contribution >= 0.6 is 0 Å². The second kappa shape index (κ2) is 6.97. The van der Waals surface area contributed by atoms with Crippen molar-refractivity contribution in [2.24, 2.45) is 0 Å². The average molecular weight is 246 g/mol. The van der Waals surface area contributed by atoms with Crippen LogP contribution in [0, 0.1) is 11.3 Å². The van der Waals surface area contributed by atoms with Gasteiger partial charge in [-0.3, -0.25) is 4.98 Å². The van der Waals surface area contributed by atoms with E-state index in [1.165, 1.54) is 0 Å². The lowest BCUT2D eigenvalue weighted by Gasteiger charge is -2.25. The van der Waals surface area contributed by atoms with Crippen LogP contribution in [0.4, 0.5) is 5.69 Å². The zero-order chi connectivity index (χ0) is 13.5. The van der Waals surface area contributed by atoms with Gasteiger partial charge in [0.05, 0.1) is 30.1 Å². The minimum Gasteiger partial charge on any atom is -0.370 e. The van der Waals surface area contributed by atoms with Crippen LogP contribution in [0.25, 0.3) is 0 Å². The summed E-state index contributed by atoms with van der Waals surface area (Å²) in [6.45, 7) is 7.16. The summed E-state index contributed by atoms with van der Waals surface area (Å²) in [5, 5.41) is 12.0. The standard InChI is InChI=1S/C14H22N4/c1-5-16-12(3)14-7-6-13(10-17-14)18(4)11(2)8-9-15/h6-7,10-12,16H,5,8H2,1-4H3. The van der Waals surface area contributed by atoms with E-state index < -0.39 is 0 Å². The van der Waals surface area contributed by atoms with Gasteiger partial charge < -0.3 is 10.2 Å². The molecule has 4 heteroatoms. The molecule has 0 bridgehead atoms. The molecule has 0 aliphatic carbocycles. The number of nitrogens with one attached hydrogen (secondary N) is 1. The minimum absolute atomic E-state index is 0.203. The van der Waals surface area contributed by atoms with Crippen molar-refractivity contribution in [3.63, 3.8) is 0 Å². The van der Waals surface area contributed by atoms with Gasteiger partial charge in [-0.2, -0.15) is 5.26 Å². The molecule has 2 unspecified atom stereocenters. The van der Waals surface area contributed by atoms with Crippen molar-refractivity contribution in [1.82, 2.24) is 10.3 Å². The highest BCUT2D eigenvalue weighted by Crippen LogP contribution is 2.18. The first-order valence-electron chi connectivity index (χ1n) is 6.39. The van der Waals surface area contributed by atoms with E-state index in [1.54, 1.807) is 0 Å². The lowest BCUT2D eigenvalue weighted by atomic mass is 10.2. The van der Waals surface area contributed by atoms with E-state index in [-0.39, 0.29) is 12.1 Å². The summed E-state index contributed by atoms with van der Waals surface area (Å²) in [5.41, 5.74) is 2.09. The monoisotopic (exact) mass is 246 g/mol. The van der Waals surface area contributed by atoms with Crippen molar-refractivity contribution in [2.75, 3.05) is 18.5 Å². The maximum absolute atomic E-state index is 8.71. The molecule has 0 radical (unpaired) electrons. The zero-order valence-corrected chi connectivity index (χ0v) is 11.6. The Morgan fingerprint density at radius 1 is 1.44 bits per heavy atom. The fourth-order valence-electron chi connectivity index (χ4n) is 1.80. The van der Waals surface area contributed by atoms with Gasteiger partial charge in [0.15, 0.2) is 0 Å². The number of nitrogens with zero attached hydrogens (tertiary/aromatic N) is 3. The van der Waals surface area contributed by atoms with Gasteiger partial charge in [-0.05, 0) is 32.5 Å². The first-order valence-corrected chi connectivity index (χ1v) is 6.39. The third-order valence-corrected chi connectivity index (χ3v) is 3.18. The SMILES string of the molecule is CCNC(C)c1ccc(N(C)C(C)CC#N)cn1. The van der Waals surface area contributed by atoms with E-state index in [1.807, 2.05) is 26.2 Å². The molecule has 2 atom stereocenters. The highest BCUT2D eigenvalue weighted by molar-refractivity contribution is 5.45. The largest absolute Gasteiger partial charge is 0.370 e. The number of rotatable bonds is 6. The molecule has 0 aliphatic heterocycles. The highest BCUT2D eigenvalue weighted by Gasteiger charge is 2.11. The fourth-order valence-corrected chi connectivity index (χ4v) is 1.80. The summed E-state index contributed by atoms with van der Waals surface area (Å²) >= 11 is 0. The van der Waals surface area contributed by atoms with Crippen molar-refractivity contribution in [2.45, 2.75) is 39.3 Å². The Labute approximate surface area is 110 Å². The maximum Gasteiger partial charge on any atom is 0.0643 e. The molecule has 4 nitrogen and oxygen atoms in total. The molecule has 0 fully saturated rings. The Hall–Kier alpha value is -1.60. The number of pyridine rings is 1. The second-order valence-electron chi connectivity index (χ2n) is 4.54. The van der Waals surface area contributed by atoms with Crippen molar-refractivity contribution < 1.29 is 0 Å². The molecule has 0 amide bonds. The molecule has 0 aliphatic rings. The molecular weight excluding hydrogens is 224 g/mol. The van der Waals surface area contributed by atoms with E-state index in [9.17, 15) is 0 Å². The first kappa shape index (κ1) is 14.5. The van der Waals surface area contributed by atoms with Gasteiger partial charge in [-0.1, -0.05) is 6.92 Å². The summed E-state index contributed by atoms with van der Waals surface area (Å²) < 4.78 is 0. The summed E-state index contributed by atoms with van der Waals surface area (Å²) in [6, 6.07) is 6.76. The van der Waals surface area contributed by atoms with Crippen LogP contribution in [-0.4, -0.2) is 24.6 Å². The summed E-state index contributed by atoms with van der Waals surface area (Å²) in [6.07, 6.45) is 2.39. The quantitative estimate of drug-likeness (QED) is 0.838. The van der Waals surface area contributed by atoms with Gasteiger partial charge in [-0.25, -0.2) is 0 Å². The van der Waals surface area contributed by atoms with Crippen LogP contribution in [0.2, 0.25) is 0 Å². The Morgan fingerprint density at radius 2 is 2.17 bits per heavy atom. The molecule has 1 N–H and O–H groups in total. The van der Waals surface area contributed by atoms with Gasteiger partial charge in [0.1, 0.15) is 0 Å². The van der Waals surface area contributed by atoms with Gasteiger partial charge in [0.25, 0.3) is 0 Å². The van der Waals surface area contributed by atoms with E-state index >= 15 is 0 Å². The van der Waals surface area contributed by atoms with Crippen LogP contribution in [0.15, 0.2) is 18.3 Å². The molecule has 1 heterocycles. The lowest BCUT2D eigenvalue weighted by molar-refractivity contribution is 0.583. The third kappa shape index (κ3) is 3.71. The average Bonchev–Trinajstić information content (AvgIpc) is 2.38. The minimum atomic E-state index is 0.203. The van der Waals surface area contributed by atoms with E-state index in [0.717, 1.165) is 17.9 Å². The number of nitriles is 1. The number of aromatic nitrogens is 1. The third-order valence-electron chi connectivity index (χ3n) is 3.18. The molecule has 0 spiro atoms. The number of anilines is 1. The molecular formula is C14H22N4. The fraction of sp³-hybridized carbons (Fsp3) is 0.571. The van der Waals surface area contributed by atoms with Crippen LogP contribution in [0.3, 0.4) is 0 Å². The van der Waals surface area contributed by atoms with Gasteiger partial charge in [-0.15, -0.1) is 0 Å². The number of hydrogen-bond donors (Lipinski definition) is 1. The lowest BCUT2D eigenvalue weighted by Crippen LogP contribution is -2.28. The molecule has 1 aromatic heterocycles. The van der Waals surface area contributed by atoms with Crippen LogP contribution in [-0.2, 0) is 0 Å². The zero-order valence-electron chi connectivity index (χ0n) is 11.6. The van der Waals surface area contributed by atoms with Crippen LogP contribution in [0.1, 0.15) is 38.9 Å². The van der Waals surface area contributed by atoms with Gasteiger partial charge in [0, 0.05) is 19.1 Å². The summed E-state index contributed by atoms with van der Waals surface area (Å²) in [5.74, 6) is 0. The predicted octanol–water partition coefficient (Wildman–Crippen LogP) is 2.49. The smallest absolute Gasteiger partial charge is 0.0643 e. The molecule has 0 saturated heterocycles. The first-order chi connectivity index (χ1) is 8.60. The molecule has 98 valence electrons. The summed E-state index contributed by atoms with van der Waals surface area (Å²) in [4.78, 5) is 6.56. The van der Waals surface area contributed by atoms with E-state index in [2.05, 4.69) is 41.2 Å². The number of hydrogen-bond acceptors (Lipinski definition) is 4. The second-order valence-corrected chi connectivity index (χ2v) is 4.54. The van der Waals surface area contributed by atoms with Crippen molar-refractivity contribution >= 4 is 5.69 Å². The molecule has 1 rings (SSSR count). The molecule has 18 heavy (non-hydrogen) atoms. The predicted molar refractivity (Wildman–Crippen MR) is 74.4 cm³/mol. The Morgan fingerprint density at radius 3 is 2.67 bits per heavy atom. The van der Waals surface area contributed by atoms with E-state index in [4.69, 9.17) is 5.26 Å². The van der Waals surface area contributed by atoms with Crippen molar-refractivity contribution in [1.29, 1.82) is 5.26 Å². The van der Waals surface area contributed by atoms with Crippen LogP contribution < -0.4 is 10.2 Å². The Bertz CT molecular complexity index is 393. The van der Waals surface area contributed by atoms with Crippen molar-refractivity contribution in [3.05, 3.63) is 24.0 Å². The summed E-state index contributed by atoms with van der Waals surface area (Å²) in [7, 11) is 1.99. The molecule has 0 saturated carbocycles. The highest BCUT2D eigenvalue weighted by atomic mass is 15.1. The Balaban J connectivity index is 2.73.